The first-order chi connectivity index (χ1) is 8.33. The Hall–Kier alpha value is -1.20. The Bertz CT molecular complexity index is 336. The molecule has 1 aliphatic rings. The van der Waals surface area contributed by atoms with Gasteiger partial charge in [-0.3, -0.25) is 4.98 Å². The average molecular weight is 237 g/mol. The fourth-order valence-electron chi connectivity index (χ4n) is 2.01. The van der Waals surface area contributed by atoms with E-state index in [0.29, 0.717) is 11.8 Å². The monoisotopic (exact) mass is 237 g/mol. The Labute approximate surface area is 101 Å². The van der Waals surface area contributed by atoms with E-state index >= 15 is 0 Å². The van der Waals surface area contributed by atoms with E-state index in [-0.39, 0.29) is 6.61 Å². The number of likely N-dealkylation sites (N-methyl/N-ethyl adjacent to an activating group) is 1. The molecule has 5 nitrogen and oxygen atoms in total. The predicted molar refractivity (Wildman–Crippen MR) is 64.8 cm³/mol. The lowest BCUT2D eigenvalue weighted by Crippen LogP contribution is -2.32. The molecular formula is C12H19N3O2. The first-order valence-electron chi connectivity index (χ1n) is 6.11. The number of aliphatic hydroxyl groups is 1. The summed E-state index contributed by atoms with van der Waals surface area (Å²) in [6, 6.07) is 0. The fraction of sp³-hybridized carbons (Fsp3) is 0.667. The molecule has 1 aliphatic heterocycles. The molecule has 0 spiro atoms. The standard InChI is InChI=1S/C12H19N3O2/c1-2-15(8-11-4-3-5-17-11)12-7-13-10(9-16)6-14-12/h6-7,11,16H,2-5,8-9H2,1H3. The molecule has 1 unspecified atom stereocenters. The number of nitrogens with zero attached hydrogens (tertiary/aromatic N) is 3. The molecule has 0 aromatic carbocycles. The number of aromatic nitrogens is 2. The molecule has 2 rings (SSSR count). The third-order valence-electron chi connectivity index (χ3n) is 3.01. The van der Waals surface area contributed by atoms with Gasteiger partial charge in [0.25, 0.3) is 0 Å². The molecule has 0 amide bonds. The minimum atomic E-state index is -0.0643. The zero-order chi connectivity index (χ0) is 12.1. The highest BCUT2D eigenvalue weighted by atomic mass is 16.5. The maximum Gasteiger partial charge on any atom is 0.147 e. The zero-order valence-corrected chi connectivity index (χ0v) is 10.2. The molecule has 0 radical (unpaired) electrons. The summed E-state index contributed by atoms with van der Waals surface area (Å²) in [4.78, 5) is 10.6. The number of rotatable bonds is 5. The SMILES string of the molecule is CCN(CC1CCCO1)c1cnc(CO)cn1. The van der Waals surface area contributed by atoms with Crippen LogP contribution in [0.25, 0.3) is 0 Å². The first-order valence-corrected chi connectivity index (χ1v) is 6.11. The van der Waals surface area contributed by atoms with Crippen molar-refractivity contribution in [1.29, 1.82) is 0 Å². The molecular weight excluding hydrogens is 218 g/mol. The smallest absolute Gasteiger partial charge is 0.147 e. The lowest BCUT2D eigenvalue weighted by Gasteiger charge is -2.24. The van der Waals surface area contributed by atoms with E-state index in [4.69, 9.17) is 9.84 Å². The molecule has 1 fully saturated rings. The Morgan fingerprint density at radius 2 is 2.35 bits per heavy atom. The van der Waals surface area contributed by atoms with Gasteiger partial charge in [0, 0.05) is 19.7 Å². The number of anilines is 1. The summed E-state index contributed by atoms with van der Waals surface area (Å²) in [7, 11) is 0. The molecule has 17 heavy (non-hydrogen) atoms. The van der Waals surface area contributed by atoms with Crippen LogP contribution in [0.3, 0.4) is 0 Å². The van der Waals surface area contributed by atoms with Gasteiger partial charge in [-0.25, -0.2) is 4.98 Å². The average Bonchev–Trinajstić information content (AvgIpc) is 2.89. The normalized spacial score (nSPS) is 19.5. The Morgan fingerprint density at radius 1 is 1.47 bits per heavy atom. The van der Waals surface area contributed by atoms with Crippen molar-refractivity contribution in [2.45, 2.75) is 32.5 Å². The van der Waals surface area contributed by atoms with Gasteiger partial charge in [0.2, 0.25) is 0 Å². The molecule has 0 saturated carbocycles. The van der Waals surface area contributed by atoms with Crippen LogP contribution in [0.4, 0.5) is 5.82 Å². The molecule has 5 heteroatoms. The molecule has 2 heterocycles. The van der Waals surface area contributed by atoms with Crippen molar-refractivity contribution in [2.24, 2.45) is 0 Å². The van der Waals surface area contributed by atoms with Gasteiger partial charge in [-0.05, 0) is 19.8 Å². The van der Waals surface area contributed by atoms with Gasteiger partial charge in [-0.15, -0.1) is 0 Å². The maximum atomic E-state index is 8.92. The van der Waals surface area contributed by atoms with Crippen LogP contribution < -0.4 is 4.90 Å². The number of ether oxygens (including phenoxy) is 1. The van der Waals surface area contributed by atoms with Gasteiger partial charge < -0.3 is 14.7 Å². The van der Waals surface area contributed by atoms with Crippen LogP contribution >= 0.6 is 0 Å². The van der Waals surface area contributed by atoms with Crippen molar-refractivity contribution < 1.29 is 9.84 Å². The Morgan fingerprint density at radius 3 is 2.88 bits per heavy atom. The minimum Gasteiger partial charge on any atom is -0.390 e. The van der Waals surface area contributed by atoms with Crippen molar-refractivity contribution in [3.8, 4) is 0 Å². The van der Waals surface area contributed by atoms with E-state index in [9.17, 15) is 0 Å². The van der Waals surface area contributed by atoms with Crippen LogP contribution in [-0.4, -0.2) is 40.9 Å². The van der Waals surface area contributed by atoms with Crippen LogP contribution in [0.2, 0.25) is 0 Å². The van der Waals surface area contributed by atoms with Gasteiger partial charge >= 0.3 is 0 Å². The highest BCUT2D eigenvalue weighted by Gasteiger charge is 2.19. The van der Waals surface area contributed by atoms with Gasteiger partial charge in [0.1, 0.15) is 5.82 Å². The molecule has 0 bridgehead atoms. The third kappa shape index (κ3) is 3.14. The number of hydrogen-bond acceptors (Lipinski definition) is 5. The second-order valence-electron chi connectivity index (χ2n) is 4.20. The summed E-state index contributed by atoms with van der Waals surface area (Å²) in [6.45, 7) is 4.65. The van der Waals surface area contributed by atoms with Gasteiger partial charge in [-0.2, -0.15) is 0 Å². The van der Waals surface area contributed by atoms with Crippen LogP contribution in [0.5, 0.6) is 0 Å². The topological polar surface area (TPSA) is 58.5 Å². The summed E-state index contributed by atoms with van der Waals surface area (Å²) < 4.78 is 5.62. The molecule has 0 aliphatic carbocycles. The largest absolute Gasteiger partial charge is 0.390 e. The van der Waals surface area contributed by atoms with E-state index in [1.165, 1.54) is 0 Å². The van der Waals surface area contributed by atoms with Crippen molar-refractivity contribution in [1.82, 2.24) is 9.97 Å². The summed E-state index contributed by atoms with van der Waals surface area (Å²) in [5.41, 5.74) is 0.599. The second kappa shape index (κ2) is 5.93. The molecule has 94 valence electrons. The van der Waals surface area contributed by atoms with Crippen LogP contribution in [0.1, 0.15) is 25.5 Å². The second-order valence-corrected chi connectivity index (χ2v) is 4.20. The van der Waals surface area contributed by atoms with Gasteiger partial charge in [-0.1, -0.05) is 0 Å². The summed E-state index contributed by atoms with van der Waals surface area (Å²) in [6.07, 6.45) is 5.92. The first kappa shape index (κ1) is 12.3. The van der Waals surface area contributed by atoms with Crippen molar-refractivity contribution >= 4 is 5.82 Å². The van der Waals surface area contributed by atoms with Gasteiger partial charge in [0.15, 0.2) is 0 Å². The number of aliphatic hydroxyl groups excluding tert-OH is 1. The molecule has 1 aromatic heterocycles. The fourth-order valence-corrected chi connectivity index (χ4v) is 2.01. The molecule has 1 atom stereocenters. The van der Waals surface area contributed by atoms with E-state index in [1.54, 1.807) is 12.4 Å². The molecule has 1 saturated heterocycles. The zero-order valence-electron chi connectivity index (χ0n) is 10.2. The predicted octanol–water partition coefficient (Wildman–Crippen LogP) is 0.974. The van der Waals surface area contributed by atoms with Crippen molar-refractivity contribution in [3.63, 3.8) is 0 Å². The summed E-state index contributed by atoms with van der Waals surface area (Å²) >= 11 is 0. The highest BCUT2D eigenvalue weighted by molar-refractivity contribution is 5.35. The third-order valence-corrected chi connectivity index (χ3v) is 3.01. The van der Waals surface area contributed by atoms with Crippen LogP contribution in [0, 0.1) is 0 Å². The van der Waals surface area contributed by atoms with Crippen LogP contribution in [-0.2, 0) is 11.3 Å². The lowest BCUT2D eigenvalue weighted by atomic mass is 10.2. The van der Waals surface area contributed by atoms with Crippen molar-refractivity contribution in [2.75, 3.05) is 24.6 Å². The molecule has 1 aromatic rings. The number of hydrogen-bond donors (Lipinski definition) is 1. The van der Waals surface area contributed by atoms with E-state index in [2.05, 4.69) is 21.8 Å². The minimum absolute atomic E-state index is 0.0643. The summed E-state index contributed by atoms with van der Waals surface area (Å²) in [5, 5.41) is 8.92. The van der Waals surface area contributed by atoms with Crippen LogP contribution in [0.15, 0.2) is 12.4 Å². The van der Waals surface area contributed by atoms with E-state index in [0.717, 1.165) is 38.4 Å². The Kier molecular flexibility index (Phi) is 4.28. The van der Waals surface area contributed by atoms with E-state index < -0.39 is 0 Å². The summed E-state index contributed by atoms with van der Waals surface area (Å²) in [5.74, 6) is 0.847. The Balaban J connectivity index is 2.00. The lowest BCUT2D eigenvalue weighted by molar-refractivity contribution is 0.115. The quantitative estimate of drug-likeness (QED) is 0.827. The molecule has 1 N–H and O–H groups in total. The maximum absolute atomic E-state index is 8.92. The highest BCUT2D eigenvalue weighted by Crippen LogP contribution is 2.16. The van der Waals surface area contributed by atoms with Crippen molar-refractivity contribution in [3.05, 3.63) is 18.1 Å². The van der Waals surface area contributed by atoms with E-state index in [1.807, 2.05) is 0 Å². The van der Waals surface area contributed by atoms with Gasteiger partial charge in [0.05, 0.1) is 30.8 Å².